The van der Waals surface area contributed by atoms with Crippen molar-refractivity contribution >= 4 is 29.2 Å². The second kappa shape index (κ2) is 9.16. The third-order valence-corrected chi connectivity index (χ3v) is 5.69. The van der Waals surface area contributed by atoms with Crippen molar-refractivity contribution in [3.8, 4) is 0 Å². The molecule has 0 radical (unpaired) electrons. The third-order valence-electron chi connectivity index (χ3n) is 5.69. The first-order valence-electron chi connectivity index (χ1n) is 10.4. The van der Waals surface area contributed by atoms with Crippen LogP contribution in [-0.4, -0.2) is 23.1 Å². The zero-order valence-corrected chi connectivity index (χ0v) is 17.6. The fourth-order valence-electron chi connectivity index (χ4n) is 4.01. The summed E-state index contributed by atoms with van der Waals surface area (Å²) in [5.41, 5.74) is 5.56. The summed E-state index contributed by atoms with van der Waals surface area (Å²) in [4.78, 5) is 27.5. The van der Waals surface area contributed by atoms with Crippen LogP contribution in [0.2, 0.25) is 0 Å². The number of halogens is 1. The largest absolute Gasteiger partial charge is 0.305 e. The number of hydroxylamine groups is 1. The molecule has 0 fully saturated rings. The maximum Gasteiger partial charge on any atom is 0.274 e. The van der Waals surface area contributed by atoms with Gasteiger partial charge in [0.1, 0.15) is 5.82 Å². The van der Waals surface area contributed by atoms with Crippen molar-refractivity contribution in [1.29, 1.82) is 0 Å². The van der Waals surface area contributed by atoms with Crippen molar-refractivity contribution in [2.75, 3.05) is 4.90 Å². The lowest BCUT2D eigenvalue weighted by Gasteiger charge is -2.36. The van der Waals surface area contributed by atoms with Crippen LogP contribution in [0.15, 0.2) is 72.8 Å². The number of anilines is 1. The molecule has 5 nitrogen and oxygen atoms in total. The van der Waals surface area contributed by atoms with E-state index in [9.17, 15) is 14.0 Å². The van der Waals surface area contributed by atoms with Crippen molar-refractivity contribution in [2.45, 2.75) is 25.8 Å². The normalized spacial score (nSPS) is 15.8. The molecule has 1 atom stereocenters. The topological polar surface area (TPSA) is 69.6 Å². The van der Waals surface area contributed by atoms with E-state index in [1.165, 1.54) is 12.1 Å². The van der Waals surface area contributed by atoms with Crippen LogP contribution in [0.3, 0.4) is 0 Å². The number of nitrogens with zero attached hydrogens (tertiary/aromatic N) is 1. The van der Waals surface area contributed by atoms with E-state index < -0.39 is 5.91 Å². The summed E-state index contributed by atoms with van der Waals surface area (Å²) in [6, 6.07) is 20.4. The number of hydrogen-bond donors (Lipinski definition) is 2. The second-order valence-electron chi connectivity index (χ2n) is 7.82. The van der Waals surface area contributed by atoms with Crippen LogP contribution in [0, 0.1) is 5.82 Å². The molecule has 32 heavy (non-hydrogen) atoms. The van der Waals surface area contributed by atoms with Gasteiger partial charge in [0.2, 0.25) is 0 Å². The van der Waals surface area contributed by atoms with E-state index >= 15 is 0 Å². The Bertz CT molecular complexity index is 1170. The summed E-state index contributed by atoms with van der Waals surface area (Å²) in [5.74, 6) is -1.10. The van der Waals surface area contributed by atoms with Gasteiger partial charge >= 0.3 is 0 Å². The average molecular weight is 430 g/mol. The molecule has 0 bridgehead atoms. The number of carbonyl (C=O) groups excluding carboxylic acids is 2. The van der Waals surface area contributed by atoms with Crippen molar-refractivity contribution in [3.63, 3.8) is 0 Å². The van der Waals surface area contributed by atoms with E-state index in [-0.39, 0.29) is 17.8 Å². The van der Waals surface area contributed by atoms with Crippen molar-refractivity contribution in [3.05, 3.63) is 101 Å². The van der Waals surface area contributed by atoms with Crippen LogP contribution >= 0.6 is 0 Å². The van der Waals surface area contributed by atoms with Gasteiger partial charge in [-0.3, -0.25) is 14.8 Å². The molecule has 0 aliphatic carbocycles. The maximum absolute atomic E-state index is 13.9. The first kappa shape index (κ1) is 21.5. The van der Waals surface area contributed by atoms with Gasteiger partial charge in [-0.05, 0) is 72.9 Å². The highest BCUT2D eigenvalue weighted by molar-refractivity contribution is 6.30. The number of rotatable bonds is 4. The van der Waals surface area contributed by atoms with Crippen LogP contribution in [0.5, 0.6) is 0 Å². The Labute approximate surface area is 185 Å². The van der Waals surface area contributed by atoms with E-state index in [0.717, 1.165) is 35.2 Å². The molecule has 0 aromatic heterocycles. The third kappa shape index (κ3) is 4.31. The monoisotopic (exact) mass is 430 g/mol. The molecule has 1 aliphatic heterocycles. The molecule has 1 unspecified atom stereocenters. The van der Waals surface area contributed by atoms with Gasteiger partial charge in [-0.25, -0.2) is 9.87 Å². The Morgan fingerprint density at radius 2 is 1.75 bits per heavy atom. The van der Waals surface area contributed by atoms with E-state index in [1.54, 1.807) is 46.8 Å². The first-order chi connectivity index (χ1) is 15.5. The molecule has 4 rings (SSSR count). The molecule has 2 N–H and O–H groups in total. The van der Waals surface area contributed by atoms with Crippen molar-refractivity contribution in [1.82, 2.24) is 5.48 Å². The molecule has 162 valence electrons. The van der Waals surface area contributed by atoms with Crippen molar-refractivity contribution in [2.24, 2.45) is 0 Å². The zero-order valence-electron chi connectivity index (χ0n) is 17.6. The molecular weight excluding hydrogens is 407 g/mol. The summed E-state index contributed by atoms with van der Waals surface area (Å²) in [6.45, 7) is 2.00. The second-order valence-corrected chi connectivity index (χ2v) is 7.82. The summed E-state index contributed by atoms with van der Waals surface area (Å²) < 4.78 is 13.4. The first-order valence-corrected chi connectivity index (χ1v) is 10.4. The Kier molecular flexibility index (Phi) is 6.14. The standard InChI is InChI=1S/C26H23FN2O3/c1-17-7-10-20-16-21(25(30)28-32)11-14-24(20)29(17)26(31)23(19-5-3-2-4-6-19)15-18-8-12-22(27)13-9-18/h2-6,8-9,11-17,32H,7,10H2,1H3,(H,28,30)/b23-15+. The minimum atomic E-state index is -0.592. The lowest BCUT2D eigenvalue weighted by atomic mass is 9.92. The van der Waals surface area contributed by atoms with Gasteiger partial charge in [0.05, 0.1) is 0 Å². The summed E-state index contributed by atoms with van der Waals surface area (Å²) >= 11 is 0. The van der Waals surface area contributed by atoms with Crippen LogP contribution in [0.1, 0.15) is 40.4 Å². The van der Waals surface area contributed by atoms with Crippen LogP contribution in [0.25, 0.3) is 11.6 Å². The predicted octanol–water partition coefficient (Wildman–Crippen LogP) is 4.85. The fourth-order valence-corrected chi connectivity index (χ4v) is 4.01. The Balaban J connectivity index is 1.79. The number of hydrogen-bond acceptors (Lipinski definition) is 3. The quantitative estimate of drug-likeness (QED) is 0.269. The Morgan fingerprint density at radius 1 is 1.03 bits per heavy atom. The Morgan fingerprint density at radius 3 is 2.44 bits per heavy atom. The molecule has 0 saturated carbocycles. The highest BCUT2D eigenvalue weighted by Crippen LogP contribution is 2.34. The van der Waals surface area contributed by atoms with E-state index in [2.05, 4.69) is 0 Å². The van der Waals surface area contributed by atoms with E-state index in [0.29, 0.717) is 11.1 Å². The van der Waals surface area contributed by atoms with Gasteiger partial charge in [0, 0.05) is 22.9 Å². The fraction of sp³-hybridized carbons (Fsp3) is 0.154. The van der Waals surface area contributed by atoms with Gasteiger partial charge in [-0.2, -0.15) is 0 Å². The molecule has 3 aromatic carbocycles. The summed E-state index contributed by atoms with van der Waals surface area (Å²) in [6.07, 6.45) is 3.22. The number of carbonyl (C=O) groups is 2. The lowest BCUT2D eigenvalue weighted by molar-refractivity contribution is -0.113. The Hall–Kier alpha value is -3.77. The van der Waals surface area contributed by atoms with Crippen LogP contribution in [0.4, 0.5) is 10.1 Å². The highest BCUT2D eigenvalue weighted by atomic mass is 19.1. The minimum absolute atomic E-state index is 0.0483. The molecular formula is C26H23FN2O3. The smallest absolute Gasteiger partial charge is 0.274 e. The van der Waals surface area contributed by atoms with Crippen molar-refractivity contribution < 1.29 is 19.2 Å². The van der Waals surface area contributed by atoms with Gasteiger partial charge in [-0.15, -0.1) is 0 Å². The molecule has 1 aliphatic rings. The van der Waals surface area contributed by atoms with Gasteiger partial charge in [0.25, 0.3) is 11.8 Å². The predicted molar refractivity (Wildman–Crippen MR) is 122 cm³/mol. The number of amides is 2. The van der Waals surface area contributed by atoms with E-state index in [4.69, 9.17) is 5.21 Å². The molecule has 2 amide bonds. The maximum atomic E-state index is 13.9. The summed E-state index contributed by atoms with van der Waals surface area (Å²) in [7, 11) is 0. The molecule has 6 heteroatoms. The average Bonchev–Trinajstić information content (AvgIpc) is 2.83. The number of fused-ring (bicyclic) bond motifs is 1. The minimum Gasteiger partial charge on any atom is -0.305 e. The zero-order chi connectivity index (χ0) is 22.7. The lowest BCUT2D eigenvalue weighted by Crippen LogP contribution is -2.42. The number of benzene rings is 3. The van der Waals surface area contributed by atoms with E-state index in [1.807, 2.05) is 37.3 Å². The SMILES string of the molecule is CC1CCc2cc(C(=O)NO)ccc2N1C(=O)/C(=C/c1ccc(F)cc1)c1ccccc1. The highest BCUT2D eigenvalue weighted by Gasteiger charge is 2.31. The van der Waals surface area contributed by atoms with Gasteiger partial charge < -0.3 is 4.90 Å². The number of aryl methyl sites for hydroxylation is 1. The molecule has 0 saturated heterocycles. The molecule has 1 heterocycles. The van der Waals surface area contributed by atoms with Gasteiger partial charge in [0.15, 0.2) is 0 Å². The molecule has 3 aromatic rings. The number of nitrogens with one attached hydrogen (secondary N) is 1. The van der Waals surface area contributed by atoms with Crippen LogP contribution < -0.4 is 10.4 Å². The summed E-state index contributed by atoms with van der Waals surface area (Å²) in [5, 5.41) is 8.94. The molecule has 0 spiro atoms. The van der Waals surface area contributed by atoms with Crippen LogP contribution in [-0.2, 0) is 11.2 Å². The van der Waals surface area contributed by atoms with Gasteiger partial charge in [-0.1, -0.05) is 42.5 Å².